The Bertz CT molecular complexity index is 1510. The van der Waals surface area contributed by atoms with Crippen LogP contribution in [0.25, 0.3) is 32.9 Å². The summed E-state index contributed by atoms with van der Waals surface area (Å²) >= 11 is 0. The molecule has 0 radical (unpaired) electrons. The van der Waals surface area contributed by atoms with Crippen LogP contribution < -0.4 is 22.1 Å². The van der Waals surface area contributed by atoms with Crippen molar-refractivity contribution in [2.75, 3.05) is 16.4 Å². The van der Waals surface area contributed by atoms with Crippen molar-refractivity contribution < 1.29 is 9.18 Å². The van der Waals surface area contributed by atoms with Crippen molar-refractivity contribution in [1.29, 1.82) is 0 Å². The summed E-state index contributed by atoms with van der Waals surface area (Å²) in [4.78, 5) is 16.9. The van der Waals surface area contributed by atoms with E-state index < -0.39 is 11.8 Å². The summed E-state index contributed by atoms with van der Waals surface area (Å²) in [5, 5.41) is 14.7. The number of pyridine rings is 1. The van der Waals surface area contributed by atoms with E-state index in [1.807, 2.05) is 36.4 Å². The van der Waals surface area contributed by atoms with Gasteiger partial charge in [0.2, 0.25) is 0 Å². The number of nitrogens with one attached hydrogen (secondary N) is 3. The van der Waals surface area contributed by atoms with E-state index in [1.165, 1.54) is 12.1 Å². The Morgan fingerprint density at radius 1 is 0.970 bits per heavy atom. The Morgan fingerprint density at radius 2 is 1.76 bits per heavy atom. The smallest absolute Gasteiger partial charge is 0.323 e. The molecule has 164 valence electrons. The fourth-order valence-electron chi connectivity index (χ4n) is 3.91. The number of benzene rings is 3. The van der Waals surface area contributed by atoms with E-state index in [9.17, 15) is 9.18 Å². The minimum atomic E-state index is -0.564. The number of aromatic amines is 1. The van der Waals surface area contributed by atoms with Crippen molar-refractivity contribution in [3.05, 3.63) is 78.2 Å². The summed E-state index contributed by atoms with van der Waals surface area (Å²) in [6.45, 7) is 0.242. The number of H-pyrrole nitrogens is 1. The molecule has 0 bridgehead atoms. The standard InChI is InChI=1S/C24H20FN7O/c25-18-7-5-13(12-26)11-20(18)30-24(33)29-19-8-6-15(14-3-1-2-4-16(14)19)17-9-10-28-23-21(17)22(27)31-32-23/h1-11H,12,26H2,(H2,29,30,33)(H3,27,28,31,32). The predicted molar refractivity (Wildman–Crippen MR) is 128 cm³/mol. The van der Waals surface area contributed by atoms with Gasteiger partial charge < -0.3 is 22.1 Å². The molecule has 2 aromatic heterocycles. The number of halogens is 1. The van der Waals surface area contributed by atoms with E-state index in [0.29, 0.717) is 22.7 Å². The molecule has 9 heteroatoms. The fraction of sp³-hybridized carbons (Fsp3) is 0.0417. The Balaban J connectivity index is 1.52. The molecule has 0 saturated carbocycles. The van der Waals surface area contributed by atoms with E-state index in [-0.39, 0.29) is 12.2 Å². The minimum absolute atomic E-state index is 0.0611. The first-order valence-corrected chi connectivity index (χ1v) is 10.2. The Hall–Kier alpha value is -4.50. The van der Waals surface area contributed by atoms with Crippen LogP contribution in [0.4, 0.5) is 26.4 Å². The number of amides is 2. The highest BCUT2D eigenvalue weighted by atomic mass is 19.1. The Labute approximate surface area is 187 Å². The van der Waals surface area contributed by atoms with E-state index in [0.717, 1.165) is 27.3 Å². The predicted octanol–water partition coefficient (Wildman–Crippen LogP) is 4.60. The molecule has 5 rings (SSSR count). The van der Waals surface area contributed by atoms with E-state index in [2.05, 4.69) is 25.8 Å². The lowest BCUT2D eigenvalue weighted by Gasteiger charge is -2.14. The number of rotatable bonds is 4. The average molecular weight is 441 g/mol. The highest BCUT2D eigenvalue weighted by Crippen LogP contribution is 2.37. The first kappa shape index (κ1) is 20.4. The minimum Gasteiger partial charge on any atom is -0.382 e. The summed E-state index contributed by atoms with van der Waals surface area (Å²) in [7, 11) is 0. The molecule has 2 amide bonds. The second kappa shape index (κ2) is 8.21. The number of fused-ring (bicyclic) bond motifs is 2. The van der Waals surface area contributed by atoms with Gasteiger partial charge in [0.15, 0.2) is 11.5 Å². The molecule has 2 heterocycles. The summed E-state index contributed by atoms with van der Waals surface area (Å²) in [6, 6.07) is 17.0. The number of hydrogen-bond donors (Lipinski definition) is 5. The summed E-state index contributed by atoms with van der Waals surface area (Å²) < 4.78 is 14.1. The number of hydrogen-bond acceptors (Lipinski definition) is 5. The third-order valence-electron chi connectivity index (χ3n) is 5.47. The van der Waals surface area contributed by atoms with Crippen molar-refractivity contribution in [2.45, 2.75) is 6.54 Å². The molecular formula is C24H20FN7O. The van der Waals surface area contributed by atoms with Gasteiger partial charge >= 0.3 is 6.03 Å². The largest absolute Gasteiger partial charge is 0.382 e. The Morgan fingerprint density at radius 3 is 2.58 bits per heavy atom. The molecule has 5 aromatic rings. The zero-order chi connectivity index (χ0) is 22.9. The molecular weight excluding hydrogens is 421 g/mol. The maximum Gasteiger partial charge on any atom is 0.323 e. The molecule has 33 heavy (non-hydrogen) atoms. The number of aromatic nitrogens is 3. The van der Waals surface area contributed by atoms with E-state index in [1.54, 1.807) is 18.3 Å². The number of anilines is 3. The maximum atomic E-state index is 14.1. The van der Waals surface area contributed by atoms with Gasteiger partial charge in [0, 0.05) is 18.1 Å². The lowest BCUT2D eigenvalue weighted by Crippen LogP contribution is -2.20. The van der Waals surface area contributed by atoms with Gasteiger partial charge in [-0.15, -0.1) is 0 Å². The third kappa shape index (κ3) is 3.70. The number of nitrogen functional groups attached to an aromatic ring is 1. The number of nitrogens with two attached hydrogens (primary N) is 2. The van der Waals surface area contributed by atoms with Crippen LogP contribution in [-0.4, -0.2) is 21.2 Å². The van der Waals surface area contributed by atoms with Crippen molar-refractivity contribution in [3.8, 4) is 11.1 Å². The van der Waals surface area contributed by atoms with Gasteiger partial charge in [0.05, 0.1) is 16.8 Å². The van der Waals surface area contributed by atoms with Gasteiger partial charge in [-0.1, -0.05) is 36.4 Å². The SMILES string of the molecule is NCc1ccc(F)c(NC(=O)Nc2ccc(-c3ccnc4[nH]nc(N)c34)c3ccccc23)c1. The third-order valence-corrected chi connectivity index (χ3v) is 5.47. The molecule has 8 nitrogen and oxygen atoms in total. The van der Waals surface area contributed by atoms with Crippen LogP contribution in [0.2, 0.25) is 0 Å². The van der Waals surface area contributed by atoms with Gasteiger partial charge in [0.1, 0.15) is 5.82 Å². The topological polar surface area (TPSA) is 135 Å². The normalized spacial score (nSPS) is 11.1. The first-order valence-electron chi connectivity index (χ1n) is 10.2. The summed E-state index contributed by atoms with van der Waals surface area (Å²) in [5.41, 5.74) is 15.4. The highest BCUT2D eigenvalue weighted by Gasteiger charge is 2.15. The summed E-state index contributed by atoms with van der Waals surface area (Å²) in [6.07, 6.45) is 1.69. The van der Waals surface area contributed by atoms with Crippen molar-refractivity contribution in [2.24, 2.45) is 5.73 Å². The molecule has 0 aliphatic heterocycles. The lowest BCUT2D eigenvalue weighted by atomic mass is 9.96. The highest BCUT2D eigenvalue weighted by molar-refractivity contribution is 6.12. The van der Waals surface area contributed by atoms with Gasteiger partial charge in [-0.3, -0.25) is 5.10 Å². The van der Waals surface area contributed by atoms with Crippen LogP contribution in [0, 0.1) is 5.82 Å². The van der Waals surface area contributed by atoms with Crippen LogP contribution in [-0.2, 0) is 6.54 Å². The molecule has 7 N–H and O–H groups in total. The van der Waals surface area contributed by atoms with Crippen LogP contribution in [0.1, 0.15) is 5.56 Å². The molecule has 0 spiro atoms. The molecule has 0 unspecified atom stereocenters. The second-order valence-electron chi connectivity index (χ2n) is 7.49. The fourth-order valence-corrected chi connectivity index (χ4v) is 3.91. The number of nitrogens with zero attached hydrogens (tertiary/aromatic N) is 2. The molecule has 0 fully saturated rings. The molecule has 3 aromatic carbocycles. The molecule has 0 aliphatic carbocycles. The van der Waals surface area contributed by atoms with Gasteiger partial charge in [-0.25, -0.2) is 14.2 Å². The van der Waals surface area contributed by atoms with Crippen LogP contribution in [0.15, 0.2) is 66.9 Å². The quantitative estimate of drug-likeness (QED) is 0.278. The van der Waals surface area contributed by atoms with Crippen molar-refractivity contribution in [1.82, 2.24) is 15.2 Å². The van der Waals surface area contributed by atoms with E-state index >= 15 is 0 Å². The zero-order valence-corrected chi connectivity index (χ0v) is 17.4. The first-order chi connectivity index (χ1) is 16.0. The average Bonchev–Trinajstić information content (AvgIpc) is 3.22. The summed E-state index contributed by atoms with van der Waals surface area (Å²) in [5.74, 6) is -0.178. The van der Waals surface area contributed by atoms with Crippen LogP contribution in [0.5, 0.6) is 0 Å². The Kier molecular flexibility index (Phi) is 5.08. The second-order valence-corrected chi connectivity index (χ2v) is 7.49. The zero-order valence-electron chi connectivity index (χ0n) is 17.4. The van der Waals surface area contributed by atoms with Crippen molar-refractivity contribution >= 4 is 45.0 Å². The molecule has 0 atom stereocenters. The molecule has 0 saturated heterocycles. The van der Waals surface area contributed by atoms with Gasteiger partial charge in [0.25, 0.3) is 0 Å². The number of carbonyl (C=O) groups is 1. The lowest BCUT2D eigenvalue weighted by molar-refractivity contribution is 0.262. The van der Waals surface area contributed by atoms with Gasteiger partial charge in [-0.2, -0.15) is 5.10 Å². The van der Waals surface area contributed by atoms with E-state index in [4.69, 9.17) is 11.5 Å². The maximum absolute atomic E-state index is 14.1. The van der Waals surface area contributed by atoms with Crippen molar-refractivity contribution in [3.63, 3.8) is 0 Å². The number of urea groups is 1. The van der Waals surface area contributed by atoms with Crippen LogP contribution in [0.3, 0.4) is 0 Å². The van der Waals surface area contributed by atoms with Crippen LogP contribution >= 0.6 is 0 Å². The van der Waals surface area contributed by atoms with Gasteiger partial charge in [-0.05, 0) is 46.3 Å². The molecule has 0 aliphatic rings. The number of carbonyl (C=O) groups excluding carboxylic acids is 1. The monoisotopic (exact) mass is 441 g/mol.